The highest BCUT2D eigenvalue weighted by molar-refractivity contribution is 8.00. The number of hydrogen-bond donors (Lipinski definition) is 1. The van der Waals surface area contributed by atoms with Crippen LogP contribution in [0.3, 0.4) is 0 Å². The molecule has 0 aromatic carbocycles. The SMILES string of the molecule is Cc1ncc(S(=O)(=O)N2CC(C)SC(C)C2)[nH]1. The maximum Gasteiger partial charge on any atom is 0.260 e. The predicted octanol–water partition coefficient (Wildman–Crippen LogP) is 1.23. The van der Waals surface area contributed by atoms with E-state index in [1.54, 1.807) is 11.2 Å². The molecule has 1 N–H and O–H groups in total. The molecule has 1 aromatic heterocycles. The Kier molecular flexibility index (Phi) is 3.51. The van der Waals surface area contributed by atoms with Crippen LogP contribution in [0, 0.1) is 6.92 Å². The number of H-pyrrole nitrogens is 1. The molecule has 0 radical (unpaired) electrons. The summed E-state index contributed by atoms with van der Waals surface area (Å²) < 4.78 is 26.2. The highest BCUT2D eigenvalue weighted by Crippen LogP contribution is 2.28. The Morgan fingerprint density at radius 3 is 2.47 bits per heavy atom. The first-order valence-corrected chi connectivity index (χ1v) is 7.95. The summed E-state index contributed by atoms with van der Waals surface area (Å²) in [4.78, 5) is 6.74. The Morgan fingerprint density at radius 2 is 2.00 bits per heavy atom. The van der Waals surface area contributed by atoms with Gasteiger partial charge in [0.25, 0.3) is 10.0 Å². The predicted molar refractivity (Wildman–Crippen MR) is 68.6 cm³/mol. The molecule has 1 aliphatic rings. The molecule has 7 heteroatoms. The van der Waals surface area contributed by atoms with E-state index in [0.717, 1.165) is 0 Å². The number of nitrogens with zero attached hydrogens (tertiary/aromatic N) is 2. The number of thioether (sulfide) groups is 1. The summed E-state index contributed by atoms with van der Waals surface area (Å²) in [7, 11) is -3.41. The number of sulfonamides is 1. The molecule has 1 fully saturated rings. The normalized spacial score (nSPS) is 27.2. The molecular formula is C10H17N3O2S2. The van der Waals surface area contributed by atoms with Crippen LogP contribution in [0.15, 0.2) is 11.2 Å². The van der Waals surface area contributed by atoms with Gasteiger partial charge in [0.1, 0.15) is 5.82 Å². The summed E-state index contributed by atoms with van der Waals surface area (Å²) in [6, 6.07) is 0. The molecule has 96 valence electrons. The molecule has 2 unspecified atom stereocenters. The first kappa shape index (κ1) is 12.9. The third-order valence-corrected chi connectivity index (χ3v) is 5.65. The van der Waals surface area contributed by atoms with Crippen molar-refractivity contribution in [3.05, 3.63) is 12.0 Å². The molecule has 2 atom stereocenters. The summed E-state index contributed by atoms with van der Waals surface area (Å²) in [6.45, 7) is 6.99. The lowest BCUT2D eigenvalue weighted by atomic mass is 10.4. The van der Waals surface area contributed by atoms with Gasteiger partial charge in [0, 0.05) is 23.6 Å². The minimum absolute atomic E-state index is 0.196. The van der Waals surface area contributed by atoms with Crippen molar-refractivity contribution in [2.24, 2.45) is 0 Å². The van der Waals surface area contributed by atoms with Gasteiger partial charge >= 0.3 is 0 Å². The number of rotatable bonds is 2. The maximum absolute atomic E-state index is 12.3. The van der Waals surface area contributed by atoms with E-state index in [1.165, 1.54) is 6.20 Å². The second-order valence-electron chi connectivity index (χ2n) is 4.41. The molecule has 0 amide bonds. The van der Waals surface area contributed by atoms with Crippen LogP contribution in [-0.2, 0) is 10.0 Å². The third kappa shape index (κ3) is 2.66. The van der Waals surface area contributed by atoms with Crippen LogP contribution >= 0.6 is 11.8 Å². The Balaban J connectivity index is 2.26. The van der Waals surface area contributed by atoms with Crippen LogP contribution in [-0.4, -0.2) is 46.3 Å². The average molecular weight is 275 g/mol. The summed E-state index contributed by atoms with van der Waals surface area (Å²) >= 11 is 1.83. The van der Waals surface area contributed by atoms with Crippen molar-refractivity contribution >= 4 is 21.8 Å². The second-order valence-corrected chi connectivity index (χ2v) is 8.20. The van der Waals surface area contributed by atoms with Gasteiger partial charge < -0.3 is 4.98 Å². The molecular weight excluding hydrogens is 258 g/mol. The monoisotopic (exact) mass is 275 g/mol. The third-order valence-electron chi connectivity index (χ3n) is 2.68. The fourth-order valence-corrected chi connectivity index (χ4v) is 5.09. The second kappa shape index (κ2) is 4.62. The van der Waals surface area contributed by atoms with Crippen molar-refractivity contribution in [1.29, 1.82) is 0 Å². The van der Waals surface area contributed by atoms with Crippen LogP contribution < -0.4 is 0 Å². The van der Waals surface area contributed by atoms with E-state index in [4.69, 9.17) is 0 Å². The van der Waals surface area contributed by atoms with Crippen LogP contribution in [0.25, 0.3) is 0 Å². The summed E-state index contributed by atoms with van der Waals surface area (Å²) in [5, 5.41) is 0.858. The van der Waals surface area contributed by atoms with Crippen LogP contribution in [0.4, 0.5) is 0 Å². The zero-order valence-electron chi connectivity index (χ0n) is 10.2. The van der Waals surface area contributed by atoms with Gasteiger partial charge in [-0.25, -0.2) is 13.4 Å². The van der Waals surface area contributed by atoms with Gasteiger partial charge in [0.15, 0.2) is 5.03 Å². The lowest BCUT2D eigenvalue weighted by molar-refractivity contribution is 0.403. The first-order chi connectivity index (χ1) is 7.89. The Labute approximate surface area is 106 Å². The van der Waals surface area contributed by atoms with Gasteiger partial charge in [-0.2, -0.15) is 16.1 Å². The van der Waals surface area contributed by atoms with E-state index >= 15 is 0 Å². The van der Waals surface area contributed by atoms with Crippen molar-refractivity contribution in [2.75, 3.05) is 13.1 Å². The Bertz CT molecular complexity index is 487. The smallest absolute Gasteiger partial charge is 0.260 e. The first-order valence-electron chi connectivity index (χ1n) is 5.57. The van der Waals surface area contributed by atoms with Gasteiger partial charge in [-0.3, -0.25) is 0 Å². The zero-order valence-corrected chi connectivity index (χ0v) is 11.8. The Morgan fingerprint density at radius 1 is 1.41 bits per heavy atom. The van der Waals surface area contributed by atoms with Crippen LogP contribution in [0.1, 0.15) is 19.7 Å². The molecule has 1 aromatic rings. The van der Waals surface area contributed by atoms with Gasteiger partial charge in [-0.15, -0.1) is 0 Å². The molecule has 5 nitrogen and oxygen atoms in total. The highest BCUT2D eigenvalue weighted by Gasteiger charge is 2.32. The topological polar surface area (TPSA) is 66.1 Å². The number of aromatic nitrogens is 2. The van der Waals surface area contributed by atoms with E-state index in [0.29, 0.717) is 29.4 Å². The van der Waals surface area contributed by atoms with Gasteiger partial charge in [0.2, 0.25) is 0 Å². The van der Waals surface area contributed by atoms with Crippen molar-refractivity contribution in [3.63, 3.8) is 0 Å². The molecule has 1 saturated heterocycles. The number of aryl methyl sites for hydroxylation is 1. The molecule has 0 bridgehead atoms. The van der Waals surface area contributed by atoms with Gasteiger partial charge in [0.05, 0.1) is 6.20 Å². The minimum atomic E-state index is -3.41. The lowest BCUT2D eigenvalue weighted by Gasteiger charge is -2.33. The maximum atomic E-state index is 12.3. The van der Waals surface area contributed by atoms with E-state index in [9.17, 15) is 8.42 Å². The summed E-state index contributed by atoms with van der Waals surface area (Å²) in [5.74, 6) is 0.621. The van der Waals surface area contributed by atoms with E-state index in [-0.39, 0.29) is 5.03 Å². The van der Waals surface area contributed by atoms with Crippen molar-refractivity contribution in [3.8, 4) is 0 Å². The molecule has 0 spiro atoms. The summed E-state index contributed by atoms with van der Waals surface area (Å²) in [5.41, 5.74) is 0. The number of nitrogens with one attached hydrogen (secondary N) is 1. The lowest BCUT2D eigenvalue weighted by Crippen LogP contribution is -2.44. The molecule has 1 aliphatic heterocycles. The van der Waals surface area contributed by atoms with E-state index < -0.39 is 10.0 Å². The highest BCUT2D eigenvalue weighted by atomic mass is 32.2. The van der Waals surface area contributed by atoms with Crippen LogP contribution in [0.5, 0.6) is 0 Å². The zero-order chi connectivity index (χ0) is 12.6. The van der Waals surface area contributed by atoms with Crippen LogP contribution in [0.2, 0.25) is 0 Å². The fourth-order valence-electron chi connectivity index (χ4n) is 2.00. The fraction of sp³-hybridized carbons (Fsp3) is 0.700. The molecule has 0 aliphatic carbocycles. The van der Waals surface area contributed by atoms with Crippen molar-refractivity contribution in [1.82, 2.24) is 14.3 Å². The number of aromatic amines is 1. The minimum Gasteiger partial charge on any atom is -0.332 e. The van der Waals surface area contributed by atoms with E-state index in [1.807, 2.05) is 11.8 Å². The Hall–Kier alpha value is -0.530. The largest absolute Gasteiger partial charge is 0.332 e. The number of hydrogen-bond acceptors (Lipinski definition) is 4. The molecule has 2 heterocycles. The van der Waals surface area contributed by atoms with E-state index in [2.05, 4.69) is 23.8 Å². The van der Waals surface area contributed by atoms with Crippen molar-refractivity contribution < 1.29 is 8.42 Å². The van der Waals surface area contributed by atoms with Gasteiger partial charge in [-0.05, 0) is 6.92 Å². The quantitative estimate of drug-likeness (QED) is 0.881. The molecule has 2 rings (SSSR count). The van der Waals surface area contributed by atoms with Crippen molar-refractivity contribution in [2.45, 2.75) is 36.3 Å². The standard InChI is InChI=1S/C10H17N3O2S2/c1-7-5-13(6-8(2)16-7)17(14,15)10-4-11-9(3)12-10/h4,7-8H,5-6H2,1-3H3,(H,11,12). The number of imidazole rings is 1. The molecule has 0 saturated carbocycles. The molecule has 17 heavy (non-hydrogen) atoms. The average Bonchev–Trinajstić information content (AvgIpc) is 2.64. The summed E-state index contributed by atoms with van der Waals surface area (Å²) in [6.07, 6.45) is 1.39. The van der Waals surface area contributed by atoms with Gasteiger partial charge in [-0.1, -0.05) is 13.8 Å².